The zero-order valence-corrected chi connectivity index (χ0v) is 15.6. The second-order valence-electron chi connectivity index (χ2n) is 6.04. The molecule has 134 valence electrons. The van der Waals surface area contributed by atoms with Crippen molar-refractivity contribution < 1.29 is 14.3 Å². The van der Waals surface area contributed by atoms with Crippen LogP contribution in [-0.4, -0.2) is 27.4 Å². The molecule has 0 radical (unpaired) electrons. The van der Waals surface area contributed by atoms with Gasteiger partial charge in [-0.05, 0) is 32.9 Å². The van der Waals surface area contributed by atoms with Crippen LogP contribution in [0.25, 0.3) is 11.1 Å². The molecule has 0 saturated heterocycles. The van der Waals surface area contributed by atoms with Gasteiger partial charge in [0.25, 0.3) is 0 Å². The Morgan fingerprint density at radius 1 is 1.12 bits per heavy atom. The van der Waals surface area contributed by atoms with Gasteiger partial charge in [-0.15, -0.1) is 0 Å². The van der Waals surface area contributed by atoms with E-state index >= 15 is 0 Å². The van der Waals surface area contributed by atoms with Gasteiger partial charge < -0.3 is 4.74 Å². The minimum atomic E-state index is -0.634. The summed E-state index contributed by atoms with van der Waals surface area (Å²) in [6.07, 6.45) is 4.29. The smallest absolute Gasteiger partial charge is 0.412 e. The van der Waals surface area contributed by atoms with Crippen molar-refractivity contribution in [3.05, 3.63) is 42.5 Å². The molecule has 0 bridgehead atoms. The summed E-state index contributed by atoms with van der Waals surface area (Å²) in [7, 11) is 0. The van der Waals surface area contributed by atoms with E-state index in [1.807, 2.05) is 19.9 Å². The van der Waals surface area contributed by atoms with E-state index in [2.05, 4.69) is 15.3 Å². The Balaban J connectivity index is 0.00000151. The van der Waals surface area contributed by atoms with Gasteiger partial charge in [0, 0.05) is 36.6 Å². The van der Waals surface area contributed by atoms with E-state index in [9.17, 15) is 9.59 Å². The maximum atomic E-state index is 12.0. The van der Waals surface area contributed by atoms with Crippen LogP contribution < -0.4 is 5.32 Å². The Kier molecular flexibility index (Phi) is 7.23. The molecule has 0 saturated carbocycles. The molecule has 0 unspecified atom stereocenters. The molecule has 0 fully saturated rings. The highest BCUT2D eigenvalue weighted by atomic mass is 16.6. The lowest BCUT2D eigenvalue weighted by molar-refractivity contribution is 0.0636. The van der Waals surface area contributed by atoms with Crippen LogP contribution in [0.2, 0.25) is 0 Å². The highest BCUT2D eigenvalue weighted by Crippen LogP contribution is 2.24. The molecule has 0 atom stereocenters. The Morgan fingerprint density at radius 3 is 2.32 bits per heavy atom. The summed E-state index contributed by atoms with van der Waals surface area (Å²) in [5.41, 5.74) is 1.45. The maximum Gasteiger partial charge on any atom is 0.412 e. The van der Waals surface area contributed by atoms with E-state index in [4.69, 9.17) is 4.74 Å². The van der Waals surface area contributed by atoms with E-state index in [-0.39, 0.29) is 11.5 Å². The molecule has 6 nitrogen and oxygen atoms in total. The number of pyridine rings is 2. The molecular weight excluding hydrogens is 318 g/mol. The van der Waals surface area contributed by atoms with E-state index in [1.165, 1.54) is 6.92 Å². The first-order valence-electron chi connectivity index (χ1n) is 8.17. The zero-order chi connectivity index (χ0) is 19.0. The number of aromatic nitrogens is 2. The molecule has 2 heterocycles. The SMILES string of the molecule is CC.CC(=O)c1ncc(-c2cccnc2)cc1NC(=O)OC(C)(C)C. The molecule has 25 heavy (non-hydrogen) atoms. The molecule has 2 aromatic rings. The summed E-state index contributed by atoms with van der Waals surface area (Å²) in [6.45, 7) is 10.7. The van der Waals surface area contributed by atoms with Gasteiger partial charge in [-0.25, -0.2) is 4.79 Å². The Bertz CT molecular complexity index is 722. The van der Waals surface area contributed by atoms with Crippen molar-refractivity contribution in [2.75, 3.05) is 5.32 Å². The minimum Gasteiger partial charge on any atom is -0.444 e. The highest BCUT2D eigenvalue weighted by molar-refractivity contribution is 6.01. The molecule has 0 aliphatic heterocycles. The first-order valence-corrected chi connectivity index (χ1v) is 8.17. The predicted molar refractivity (Wildman–Crippen MR) is 98.7 cm³/mol. The predicted octanol–water partition coefficient (Wildman–Crippen LogP) is 4.72. The fraction of sp³-hybridized carbons (Fsp3) is 0.368. The standard InChI is InChI=1S/C17H19N3O3.C2H6/c1-11(21)15-14(20-16(22)23-17(2,3)4)8-13(10-19-15)12-6-5-7-18-9-12;1-2/h5-10H,1-4H3,(H,20,22);1-2H3. The normalized spacial score (nSPS) is 10.3. The van der Waals surface area contributed by atoms with Crippen molar-refractivity contribution in [2.45, 2.75) is 47.1 Å². The van der Waals surface area contributed by atoms with Crippen molar-refractivity contribution >= 4 is 17.6 Å². The Morgan fingerprint density at radius 2 is 1.80 bits per heavy atom. The minimum absolute atomic E-state index is 0.184. The van der Waals surface area contributed by atoms with Crippen molar-refractivity contribution in [1.29, 1.82) is 0 Å². The average molecular weight is 343 g/mol. The number of ether oxygens (including phenoxy) is 1. The van der Waals surface area contributed by atoms with Crippen LogP contribution in [0.1, 0.15) is 52.0 Å². The van der Waals surface area contributed by atoms with Crippen molar-refractivity contribution in [2.24, 2.45) is 0 Å². The second-order valence-corrected chi connectivity index (χ2v) is 6.04. The van der Waals surface area contributed by atoms with Crippen LogP contribution in [0.5, 0.6) is 0 Å². The van der Waals surface area contributed by atoms with Gasteiger partial charge in [-0.3, -0.25) is 20.1 Å². The van der Waals surface area contributed by atoms with Crippen molar-refractivity contribution in [3.63, 3.8) is 0 Å². The maximum absolute atomic E-state index is 12.0. The third-order valence-corrected chi connectivity index (χ3v) is 2.85. The molecule has 2 aromatic heterocycles. The lowest BCUT2D eigenvalue weighted by Gasteiger charge is -2.20. The molecule has 2 rings (SSSR count). The van der Waals surface area contributed by atoms with Gasteiger partial charge in [-0.2, -0.15) is 0 Å². The summed E-state index contributed by atoms with van der Waals surface area (Å²) >= 11 is 0. The number of ketones is 1. The third kappa shape index (κ3) is 6.33. The fourth-order valence-electron chi connectivity index (χ4n) is 1.95. The van der Waals surface area contributed by atoms with Crippen LogP contribution in [0, 0.1) is 0 Å². The number of Topliss-reactive ketones (excluding diaryl/α,β-unsaturated/α-hetero) is 1. The number of anilines is 1. The largest absolute Gasteiger partial charge is 0.444 e. The molecule has 1 amide bonds. The highest BCUT2D eigenvalue weighted by Gasteiger charge is 2.19. The van der Waals surface area contributed by atoms with Crippen LogP contribution in [0.3, 0.4) is 0 Å². The summed E-state index contributed by atoms with van der Waals surface area (Å²) in [5, 5.41) is 2.59. The van der Waals surface area contributed by atoms with E-state index in [1.54, 1.807) is 51.5 Å². The molecule has 0 aromatic carbocycles. The van der Waals surface area contributed by atoms with Gasteiger partial charge in [0.2, 0.25) is 0 Å². The van der Waals surface area contributed by atoms with E-state index in [0.717, 1.165) is 11.1 Å². The molecule has 0 aliphatic rings. The number of carbonyl (C=O) groups excluding carboxylic acids is 2. The van der Waals surface area contributed by atoms with Crippen LogP contribution >= 0.6 is 0 Å². The van der Waals surface area contributed by atoms with Gasteiger partial charge in [0.1, 0.15) is 11.3 Å². The van der Waals surface area contributed by atoms with E-state index in [0.29, 0.717) is 5.69 Å². The monoisotopic (exact) mass is 343 g/mol. The second kappa shape index (κ2) is 8.92. The number of nitrogens with zero attached hydrogens (tertiary/aromatic N) is 2. The summed E-state index contributed by atoms with van der Waals surface area (Å²) in [5.74, 6) is -0.242. The molecular formula is C19H25N3O3. The first-order chi connectivity index (χ1) is 11.8. The van der Waals surface area contributed by atoms with Gasteiger partial charge in [0.15, 0.2) is 5.78 Å². The van der Waals surface area contributed by atoms with Gasteiger partial charge >= 0.3 is 6.09 Å². The molecule has 0 spiro atoms. The van der Waals surface area contributed by atoms with Crippen LogP contribution in [0.15, 0.2) is 36.8 Å². The quantitative estimate of drug-likeness (QED) is 0.816. The van der Waals surface area contributed by atoms with E-state index < -0.39 is 11.7 Å². The Hall–Kier alpha value is -2.76. The molecule has 0 aliphatic carbocycles. The average Bonchev–Trinajstić information content (AvgIpc) is 2.55. The number of nitrogens with one attached hydrogen (secondary N) is 1. The van der Waals surface area contributed by atoms with Crippen molar-refractivity contribution in [1.82, 2.24) is 9.97 Å². The topological polar surface area (TPSA) is 81.2 Å². The molecule has 6 heteroatoms. The summed E-state index contributed by atoms with van der Waals surface area (Å²) < 4.78 is 5.22. The summed E-state index contributed by atoms with van der Waals surface area (Å²) in [6, 6.07) is 5.36. The van der Waals surface area contributed by atoms with Crippen LogP contribution in [0.4, 0.5) is 10.5 Å². The van der Waals surface area contributed by atoms with Crippen molar-refractivity contribution in [3.8, 4) is 11.1 Å². The number of carbonyl (C=O) groups is 2. The van der Waals surface area contributed by atoms with Gasteiger partial charge in [-0.1, -0.05) is 19.9 Å². The lowest BCUT2D eigenvalue weighted by Crippen LogP contribution is -2.27. The Labute approximate surface area is 148 Å². The number of hydrogen-bond donors (Lipinski definition) is 1. The van der Waals surface area contributed by atoms with Crippen LogP contribution in [-0.2, 0) is 4.74 Å². The number of rotatable bonds is 3. The fourth-order valence-corrected chi connectivity index (χ4v) is 1.95. The molecule has 1 N–H and O–H groups in total. The third-order valence-electron chi connectivity index (χ3n) is 2.85. The zero-order valence-electron chi connectivity index (χ0n) is 15.6. The summed E-state index contributed by atoms with van der Waals surface area (Å²) in [4.78, 5) is 31.9. The first kappa shape index (κ1) is 20.3. The number of amides is 1. The van der Waals surface area contributed by atoms with Gasteiger partial charge in [0.05, 0.1) is 5.69 Å². The number of hydrogen-bond acceptors (Lipinski definition) is 5. The lowest BCUT2D eigenvalue weighted by atomic mass is 10.1.